The number of hydrogen-bond donors (Lipinski definition) is 1. The van der Waals surface area contributed by atoms with Gasteiger partial charge in [-0.05, 0) is 44.5 Å². The van der Waals surface area contributed by atoms with Gasteiger partial charge in [-0.1, -0.05) is 12.1 Å². The molecule has 3 rings (SSSR count). The van der Waals surface area contributed by atoms with Gasteiger partial charge in [-0.2, -0.15) is 5.10 Å². The Hall–Kier alpha value is -3.15. The van der Waals surface area contributed by atoms with E-state index in [1.54, 1.807) is 32.4 Å². The van der Waals surface area contributed by atoms with Crippen molar-refractivity contribution in [1.82, 2.24) is 15.0 Å². The number of carbonyl (C=O) groups is 1. The van der Waals surface area contributed by atoms with Crippen LogP contribution in [-0.4, -0.2) is 21.2 Å². The number of hydrazone groups is 1. The van der Waals surface area contributed by atoms with E-state index in [1.807, 2.05) is 42.0 Å². The maximum atomic E-state index is 12.1. The summed E-state index contributed by atoms with van der Waals surface area (Å²) >= 11 is 0. The number of nitrogens with one attached hydrogen (secondary N) is 1. The van der Waals surface area contributed by atoms with E-state index in [0.717, 1.165) is 17.0 Å². The predicted molar refractivity (Wildman–Crippen MR) is 91.4 cm³/mol. The van der Waals surface area contributed by atoms with E-state index in [0.29, 0.717) is 17.1 Å². The normalized spacial score (nSPS) is 11.5. The summed E-state index contributed by atoms with van der Waals surface area (Å²) in [5, 5.41) is 4.17. The Labute approximate surface area is 139 Å². The van der Waals surface area contributed by atoms with Gasteiger partial charge in [-0.25, -0.2) is 10.4 Å². The number of aromatic nitrogens is 2. The molecule has 0 saturated heterocycles. The second-order valence-electron chi connectivity index (χ2n) is 5.48. The first-order chi connectivity index (χ1) is 11.5. The summed E-state index contributed by atoms with van der Waals surface area (Å²) < 4.78 is 7.28. The molecular formula is C18H18N4O2. The van der Waals surface area contributed by atoms with E-state index in [1.165, 1.54) is 0 Å². The van der Waals surface area contributed by atoms with Crippen molar-refractivity contribution in [2.75, 3.05) is 0 Å². The second-order valence-corrected chi connectivity index (χ2v) is 5.48. The summed E-state index contributed by atoms with van der Waals surface area (Å²) in [6.07, 6.45) is 5.35. The van der Waals surface area contributed by atoms with Gasteiger partial charge >= 0.3 is 0 Å². The van der Waals surface area contributed by atoms with Gasteiger partial charge in [0.2, 0.25) is 0 Å². The highest BCUT2D eigenvalue weighted by Gasteiger charge is 2.12. The molecule has 0 unspecified atom stereocenters. The Balaban J connectivity index is 1.71. The molecule has 2 heterocycles. The van der Waals surface area contributed by atoms with Crippen molar-refractivity contribution in [3.63, 3.8) is 0 Å². The number of hydrogen-bond acceptors (Lipinski definition) is 4. The average molecular weight is 322 g/mol. The summed E-state index contributed by atoms with van der Waals surface area (Å²) in [7, 11) is 0. The van der Waals surface area contributed by atoms with Crippen LogP contribution in [0.25, 0.3) is 5.69 Å². The third-order valence-electron chi connectivity index (χ3n) is 3.70. The van der Waals surface area contributed by atoms with Crippen LogP contribution in [0.5, 0.6) is 0 Å². The molecule has 3 aromatic rings. The number of furan rings is 1. The third kappa shape index (κ3) is 3.27. The quantitative estimate of drug-likeness (QED) is 0.592. The number of carbonyl (C=O) groups excluding carboxylic acids is 1. The summed E-state index contributed by atoms with van der Waals surface area (Å²) in [5.41, 5.74) is 5.73. The van der Waals surface area contributed by atoms with Crippen LogP contribution in [0, 0.1) is 13.8 Å². The number of amides is 1. The monoisotopic (exact) mass is 322 g/mol. The number of rotatable bonds is 4. The highest BCUT2D eigenvalue weighted by atomic mass is 16.3. The third-order valence-corrected chi connectivity index (χ3v) is 3.70. The Bertz CT molecular complexity index is 874. The van der Waals surface area contributed by atoms with Gasteiger partial charge in [0.25, 0.3) is 5.91 Å². The summed E-state index contributed by atoms with van der Waals surface area (Å²) in [6.45, 7) is 5.41. The first-order valence-electron chi connectivity index (χ1n) is 7.55. The number of benzene rings is 1. The SMILES string of the molecule is C/C(=N\NC(=O)c1cc(C)oc1C)c1ccc(-n2ccnc2)cc1. The number of aryl methyl sites for hydroxylation is 2. The molecule has 0 aliphatic heterocycles. The number of nitrogens with zero attached hydrogens (tertiary/aromatic N) is 3. The average Bonchev–Trinajstić information content (AvgIpc) is 3.22. The lowest BCUT2D eigenvalue weighted by molar-refractivity contribution is 0.0953. The molecule has 0 saturated carbocycles. The van der Waals surface area contributed by atoms with Crippen LogP contribution in [0.15, 0.2) is 58.6 Å². The molecule has 0 bridgehead atoms. The zero-order valence-electron chi connectivity index (χ0n) is 13.8. The largest absolute Gasteiger partial charge is 0.466 e. The van der Waals surface area contributed by atoms with Gasteiger partial charge in [-0.3, -0.25) is 4.79 Å². The van der Waals surface area contributed by atoms with Gasteiger partial charge in [0.1, 0.15) is 11.5 Å². The summed E-state index contributed by atoms with van der Waals surface area (Å²) in [5.74, 6) is 1.01. The molecule has 122 valence electrons. The number of imidazole rings is 1. The topological polar surface area (TPSA) is 72.4 Å². The Morgan fingerprint density at radius 1 is 1.25 bits per heavy atom. The highest BCUT2D eigenvalue weighted by molar-refractivity contribution is 6.01. The molecular weight excluding hydrogens is 304 g/mol. The fraction of sp³-hybridized carbons (Fsp3) is 0.167. The minimum atomic E-state index is -0.279. The van der Waals surface area contributed by atoms with Crippen molar-refractivity contribution in [2.24, 2.45) is 5.10 Å². The van der Waals surface area contributed by atoms with Crippen LogP contribution >= 0.6 is 0 Å². The van der Waals surface area contributed by atoms with Crippen molar-refractivity contribution in [1.29, 1.82) is 0 Å². The first-order valence-corrected chi connectivity index (χ1v) is 7.55. The zero-order valence-corrected chi connectivity index (χ0v) is 13.8. The van der Waals surface area contributed by atoms with Crippen LogP contribution in [0.2, 0.25) is 0 Å². The fourth-order valence-corrected chi connectivity index (χ4v) is 2.40. The van der Waals surface area contributed by atoms with Crippen LogP contribution in [0.1, 0.15) is 34.4 Å². The molecule has 6 nitrogen and oxygen atoms in total. The van der Waals surface area contributed by atoms with Crippen LogP contribution in [-0.2, 0) is 0 Å². The van der Waals surface area contributed by atoms with Crippen molar-refractivity contribution >= 4 is 11.6 Å². The molecule has 1 amide bonds. The molecule has 2 aromatic heterocycles. The predicted octanol–water partition coefficient (Wildman–Crippen LogP) is 3.24. The molecule has 24 heavy (non-hydrogen) atoms. The van der Waals surface area contributed by atoms with E-state index >= 15 is 0 Å². The smallest absolute Gasteiger partial charge is 0.274 e. The van der Waals surface area contributed by atoms with E-state index in [4.69, 9.17) is 4.42 Å². The van der Waals surface area contributed by atoms with Gasteiger partial charge in [-0.15, -0.1) is 0 Å². The van der Waals surface area contributed by atoms with Gasteiger partial charge in [0.05, 0.1) is 17.6 Å². The molecule has 6 heteroatoms. The lowest BCUT2D eigenvalue weighted by Gasteiger charge is -2.05. The molecule has 0 aliphatic carbocycles. The van der Waals surface area contributed by atoms with E-state index in [9.17, 15) is 4.79 Å². The Morgan fingerprint density at radius 3 is 2.58 bits per heavy atom. The lowest BCUT2D eigenvalue weighted by Crippen LogP contribution is -2.19. The molecule has 1 N–H and O–H groups in total. The second kappa shape index (κ2) is 6.54. The minimum Gasteiger partial charge on any atom is -0.466 e. The Morgan fingerprint density at radius 2 is 2.00 bits per heavy atom. The van der Waals surface area contributed by atoms with Crippen molar-refractivity contribution < 1.29 is 9.21 Å². The van der Waals surface area contributed by atoms with Gasteiger partial charge in [0.15, 0.2) is 0 Å². The Kier molecular flexibility index (Phi) is 4.29. The molecule has 0 spiro atoms. The molecule has 1 aromatic carbocycles. The summed E-state index contributed by atoms with van der Waals surface area (Å²) in [4.78, 5) is 16.2. The fourth-order valence-electron chi connectivity index (χ4n) is 2.40. The molecule has 0 aliphatic rings. The molecule has 0 atom stereocenters. The van der Waals surface area contributed by atoms with Crippen LogP contribution in [0.3, 0.4) is 0 Å². The van der Waals surface area contributed by atoms with Crippen LogP contribution < -0.4 is 5.43 Å². The van der Waals surface area contributed by atoms with E-state index < -0.39 is 0 Å². The van der Waals surface area contributed by atoms with Crippen molar-refractivity contribution in [3.05, 3.63) is 71.7 Å². The zero-order chi connectivity index (χ0) is 17.1. The molecule has 0 fully saturated rings. The standard InChI is InChI=1S/C18H18N4O2/c1-12-10-17(14(3)24-12)18(23)21-20-13(2)15-4-6-16(7-5-15)22-9-8-19-11-22/h4-11H,1-3H3,(H,21,23)/b20-13+. The first kappa shape index (κ1) is 15.7. The van der Waals surface area contributed by atoms with Gasteiger partial charge in [0, 0.05) is 18.1 Å². The van der Waals surface area contributed by atoms with Crippen LogP contribution in [0.4, 0.5) is 0 Å². The highest BCUT2D eigenvalue weighted by Crippen LogP contribution is 2.13. The lowest BCUT2D eigenvalue weighted by atomic mass is 10.1. The summed E-state index contributed by atoms with van der Waals surface area (Å²) in [6, 6.07) is 9.56. The van der Waals surface area contributed by atoms with Crippen molar-refractivity contribution in [2.45, 2.75) is 20.8 Å². The molecule has 0 radical (unpaired) electrons. The van der Waals surface area contributed by atoms with E-state index in [-0.39, 0.29) is 5.91 Å². The minimum absolute atomic E-state index is 0.279. The van der Waals surface area contributed by atoms with Crippen molar-refractivity contribution in [3.8, 4) is 5.69 Å². The van der Waals surface area contributed by atoms with E-state index in [2.05, 4.69) is 15.5 Å². The maximum absolute atomic E-state index is 12.1. The van der Waals surface area contributed by atoms with Gasteiger partial charge < -0.3 is 8.98 Å². The maximum Gasteiger partial charge on any atom is 0.274 e.